The number of hydrogen-bond acceptors (Lipinski definition) is 3. The lowest BCUT2D eigenvalue weighted by atomic mass is 10.3. The molecular formula is C15H26N4O. The van der Waals surface area contributed by atoms with Crippen LogP contribution in [0.1, 0.15) is 20.3 Å². The molecule has 0 fully saturated rings. The molecule has 112 valence electrons. The van der Waals surface area contributed by atoms with E-state index in [-0.39, 0.29) is 0 Å². The number of anilines is 1. The second-order valence-corrected chi connectivity index (χ2v) is 4.47. The van der Waals surface area contributed by atoms with E-state index in [4.69, 9.17) is 10.5 Å². The lowest BCUT2D eigenvalue weighted by Crippen LogP contribution is -2.26. The van der Waals surface area contributed by atoms with Crippen LogP contribution < -0.4 is 15.8 Å². The maximum atomic E-state index is 5.88. The predicted molar refractivity (Wildman–Crippen MR) is 85.5 cm³/mol. The van der Waals surface area contributed by atoms with Crippen molar-refractivity contribution in [3.8, 4) is 5.75 Å². The molecule has 0 amide bonds. The van der Waals surface area contributed by atoms with Gasteiger partial charge in [0.1, 0.15) is 5.75 Å². The number of benzene rings is 1. The fourth-order valence-corrected chi connectivity index (χ4v) is 1.96. The number of methoxy groups -OCH3 is 1. The van der Waals surface area contributed by atoms with E-state index >= 15 is 0 Å². The Balaban J connectivity index is 2.42. The molecule has 0 atom stereocenters. The first-order valence-electron chi connectivity index (χ1n) is 7.13. The maximum Gasteiger partial charge on any atom is 0.193 e. The van der Waals surface area contributed by atoms with E-state index in [0.717, 1.165) is 44.0 Å². The van der Waals surface area contributed by atoms with E-state index in [0.29, 0.717) is 5.96 Å². The summed E-state index contributed by atoms with van der Waals surface area (Å²) in [7, 11) is 1.64. The van der Waals surface area contributed by atoms with Gasteiger partial charge in [-0.05, 0) is 38.2 Å². The normalized spacial score (nSPS) is 11.7. The van der Waals surface area contributed by atoms with Crippen molar-refractivity contribution in [2.24, 2.45) is 10.7 Å². The number of aliphatic imine (C=N–C) groups is 1. The van der Waals surface area contributed by atoms with E-state index in [1.807, 2.05) is 24.3 Å². The Morgan fingerprint density at radius 3 is 2.65 bits per heavy atom. The van der Waals surface area contributed by atoms with Gasteiger partial charge in [0.25, 0.3) is 0 Å². The number of ether oxygens (including phenoxy) is 1. The van der Waals surface area contributed by atoms with Gasteiger partial charge in [-0.25, -0.2) is 0 Å². The third-order valence-electron chi connectivity index (χ3n) is 3.18. The summed E-state index contributed by atoms with van der Waals surface area (Å²) in [4.78, 5) is 6.71. The summed E-state index contributed by atoms with van der Waals surface area (Å²) in [6, 6.07) is 7.65. The summed E-state index contributed by atoms with van der Waals surface area (Å²) in [6.45, 7) is 8.28. The molecule has 0 unspecified atom stereocenters. The second-order valence-electron chi connectivity index (χ2n) is 4.47. The Bertz CT molecular complexity index is 416. The molecule has 0 heterocycles. The standard InChI is InChI=1S/C15H26N4O/c1-4-19(5-2)12-8-11-17-15(16)18-13-9-6-7-10-14(13)20-3/h6-7,9-10H,4-5,8,11-12H2,1-3H3,(H3,16,17,18). The van der Waals surface area contributed by atoms with Gasteiger partial charge >= 0.3 is 0 Å². The number of para-hydroxylation sites is 2. The molecule has 0 aliphatic rings. The molecular weight excluding hydrogens is 252 g/mol. The summed E-state index contributed by atoms with van der Waals surface area (Å²) in [6.07, 6.45) is 1.01. The highest BCUT2D eigenvalue weighted by atomic mass is 16.5. The highest BCUT2D eigenvalue weighted by molar-refractivity contribution is 5.93. The molecule has 1 aromatic rings. The van der Waals surface area contributed by atoms with Gasteiger partial charge in [0.2, 0.25) is 0 Å². The van der Waals surface area contributed by atoms with Crippen molar-refractivity contribution in [3.05, 3.63) is 24.3 Å². The van der Waals surface area contributed by atoms with Crippen LogP contribution in [0.3, 0.4) is 0 Å². The molecule has 0 aliphatic heterocycles. The van der Waals surface area contributed by atoms with E-state index < -0.39 is 0 Å². The molecule has 1 aromatic carbocycles. The van der Waals surface area contributed by atoms with Gasteiger partial charge in [-0.15, -0.1) is 0 Å². The minimum Gasteiger partial charge on any atom is -0.495 e. The molecule has 3 N–H and O–H groups in total. The molecule has 5 heteroatoms. The summed E-state index contributed by atoms with van der Waals surface area (Å²) in [5.41, 5.74) is 6.71. The number of guanidine groups is 1. The zero-order valence-electron chi connectivity index (χ0n) is 12.7. The van der Waals surface area contributed by atoms with Crippen molar-refractivity contribution in [1.29, 1.82) is 0 Å². The van der Waals surface area contributed by atoms with Gasteiger partial charge < -0.3 is 20.7 Å². The van der Waals surface area contributed by atoms with Crippen molar-refractivity contribution >= 4 is 11.6 Å². The smallest absolute Gasteiger partial charge is 0.193 e. The van der Waals surface area contributed by atoms with Crippen LogP contribution in [0.25, 0.3) is 0 Å². The van der Waals surface area contributed by atoms with Gasteiger partial charge in [-0.2, -0.15) is 0 Å². The molecule has 0 bridgehead atoms. The predicted octanol–water partition coefficient (Wildman–Crippen LogP) is 2.15. The van der Waals surface area contributed by atoms with Crippen LogP contribution in [0, 0.1) is 0 Å². The number of rotatable bonds is 8. The first-order valence-corrected chi connectivity index (χ1v) is 7.13. The largest absolute Gasteiger partial charge is 0.495 e. The van der Waals surface area contributed by atoms with Gasteiger partial charge in [-0.3, -0.25) is 4.99 Å². The summed E-state index contributed by atoms with van der Waals surface area (Å²) >= 11 is 0. The zero-order valence-corrected chi connectivity index (χ0v) is 12.7. The molecule has 0 spiro atoms. The van der Waals surface area contributed by atoms with Crippen LogP contribution in [-0.2, 0) is 0 Å². The first kappa shape index (κ1) is 16.3. The summed E-state index contributed by atoms with van der Waals surface area (Å²) < 4.78 is 5.25. The molecule has 0 saturated carbocycles. The third-order valence-corrected chi connectivity index (χ3v) is 3.18. The minimum absolute atomic E-state index is 0.425. The van der Waals surface area contributed by atoms with Gasteiger partial charge in [0, 0.05) is 6.54 Å². The average molecular weight is 278 g/mol. The minimum atomic E-state index is 0.425. The molecule has 1 rings (SSSR count). The molecule has 0 aromatic heterocycles. The topological polar surface area (TPSA) is 62.9 Å². The van der Waals surface area contributed by atoms with Crippen LogP contribution in [0.5, 0.6) is 5.75 Å². The van der Waals surface area contributed by atoms with Crippen molar-refractivity contribution in [3.63, 3.8) is 0 Å². The van der Waals surface area contributed by atoms with Gasteiger partial charge in [0.15, 0.2) is 5.96 Å². The Hall–Kier alpha value is -1.75. The van der Waals surface area contributed by atoms with Crippen LogP contribution >= 0.6 is 0 Å². The van der Waals surface area contributed by atoms with Crippen molar-refractivity contribution in [2.75, 3.05) is 38.6 Å². The lowest BCUT2D eigenvalue weighted by Gasteiger charge is -2.16. The van der Waals surface area contributed by atoms with E-state index in [1.54, 1.807) is 7.11 Å². The van der Waals surface area contributed by atoms with Crippen LogP contribution in [0.2, 0.25) is 0 Å². The van der Waals surface area contributed by atoms with E-state index in [1.165, 1.54) is 0 Å². The average Bonchev–Trinajstić information content (AvgIpc) is 2.48. The zero-order chi connectivity index (χ0) is 14.8. The highest BCUT2D eigenvalue weighted by Crippen LogP contribution is 2.22. The number of nitrogens with one attached hydrogen (secondary N) is 1. The van der Waals surface area contributed by atoms with Crippen molar-refractivity contribution in [2.45, 2.75) is 20.3 Å². The second kappa shape index (κ2) is 9.20. The van der Waals surface area contributed by atoms with Crippen molar-refractivity contribution < 1.29 is 4.74 Å². The maximum absolute atomic E-state index is 5.88. The number of nitrogens with zero attached hydrogens (tertiary/aromatic N) is 2. The molecule has 5 nitrogen and oxygen atoms in total. The Morgan fingerprint density at radius 2 is 2.00 bits per heavy atom. The SMILES string of the molecule is CCN(CC)CCCN=C(N)Nc1ccccc1OC. The molecule has 0 aliphatic carbocycles. The monoisotopic (exact) mass is 278 g/mol. The van der Waals surface area contributed by atoms with Gasteiger partial charge in [-0.1, -0.05) is 26.0 Å². The molecule has 0 radical (unpaired) electrons. The third kappa shape index (κ3) is 5.48. The van der Waals surface area contributed by atoms with E-state index in [2.05, 4.69) is 29.1 Å². The Morgan fingerprint density at radius 1 is 1.30 bits per heavy atom. The fourth-order valence-electron chi connectivity index (χ4n) is 1.96. The first-order chi connectivity index (χ1) is 9.71. The Labute approximate surface area is 121 Å². The molecule has 0 saturated heterocycles. The number of hydrogen-bond donors (Lipinski definition) is 2. The summed E-state index contributed by atoms with van der Waals surface area (Å²) in [5.74, 6) is 1.18. The number of nitrogens with two attached hydrogens (primary N) is 1. The molecule has 20 heavy (non-hydrogen) atoms. The quantitative estimate of drug-likeness (QED) is 0.434. The van der Waals surface area contributed by atoms with Gasteiger partial charge in [0.05, 0.1) is 12.8 Å². The highest BCUT2D eigenvalue weighted by Gasteiger charge is 2.02. The Kier molecular flexibility index (Phi) is 7.50. The fraction of sp³-hybridized carbons (Fsp3) is 0.533. The van der Waals surface area contributed by atoms with Crippen LogP contribution in [-0.4, -0.2) is 44.1 Å². The summed E-state index contributed by atoms with van der Waals surface area (Å²) in [5, 5.41) is 3.07. The lowest BCUT2D eigenvalue weighted by molar-refractivity contribution is 0.302. The van der Waals surface area contributed by atoms with E-state index in [9.17, 15) is 0 Å². The van der Waals surface area contributed by atoms with Crippen LogP contribution in [0.4, 0.5) is 5.69 Å². The van der Waals surface area contributed by atoms with Crippen LogP contribution in [0.15, 0.2) is 29.3 Å². The van der Waals surface area contributed by atoms with Crippen molar-refractivity contribution in [1.82, 2.24) is 4.90 Å².